The molecule has 4 atom stereocenters. The quantitative estimate of drug-likeness (QED) is 0.104. The van der Waals surface area contributed by atoms with Gasteiger partial charge in [0.15, 0.2) is 0 Å². The molecule has 1 aromatic heterocycles. The standard InChI is InChI=1S/C25H23N6O5S.C6H15P.Au/c1-25(2)19(24(35)36)31-22(34)18(23(31)37-25)28-21(33)17(13-7-4-3-5-8-13)27-20(32)15-10-6-9-14(11-15)16-12-26-30-29-16;1-4-7(5-2)6-3;/h3-11,17-19,23H,1-2H3,(H,27,32)(H,28,33)(H,35,36)(H,26,29,30);4-6H2,1-3H3;/q-1;;+1/t17-,18-,19+,23-;;/m1../s1. The zero-order chi connectivity index (χ0) is 32.0. The molecular weight excluding hydrogens is 796 g/mol. The van der Waals surface area contributed by atoms with Gasteiger partial charge < -0.3 is 20.6 Å². The number of thioether (sulfide) groups is 1. The Labute approximate surface area is 284 Å². The van der Waals surface area contributed by atoms with Crippen LogP contribution in [0.5, 0.6) is 0 Å². The van der Waals surface area contributed by atoms with E-state index in [1.807, 2.05) is 0 Å². The number of carbonyl (C=O) groups excluding carboxylic acids is 3. The van der Waals surface area contributed by atoms with Crippen molar-refractivity contribution in [2.75, 3.05) is 18.5 Å². The van der Waals surface area contributed by atoms with E-state index in [0.717, 1.165) is 0 Å². The molecule has 5 rings (SSSR count). The first-order valence-electron chi connectivity index (χ1n) is 14.5. The van der Waals surface area contributed by atoms with E-state index in [1.54, 1.807) is 68.4 Å². The van der Waals surface area contributed by atoms with Crippen molar-refractivity contribution >= 4 is 43.4 Å². The van der Waals surface area contributed by atoms with Crippen LogP contribution in [0.3, 0.4) is 0 Å². The molecule has 4 N–H and O–H groups in total. The summed E-state index contributed by atoms with van der Waals surface area (Å²) < 4.78 is -0.717. The fourth-order valence-corrected chi connectivity index (χ4v) is 8.30. The number of rotatable bonds is 10. The van der Waals surface area contributed by atoms with Crippen LogP contribution in [-0.4, -0.2) is 89.8 Å². The summed E-state index contributed by atoms with van der Waals surface area (Å²) in [6.07, 6.45) is 6.95. The number of hydrogen-bond donors (Lipinski definition) is 4. The summed E-state index contributed by atoms with van der Waals surface area (Å²) in [7, 11) is 0.446. The Morgan fingerprint density at radius 3 is 2.31 bits per heavy atom. The van der Waals surface area contributed by atoms with Crippen LogP contribution < -0.4 is 10.6 Å². The van der Waals surface area contributed by atoms with Gasteiger partial charge in [0.25, 0.3) is 5.91 Å². The summed E-state index contributed by atoms with van der Waals surface area (Å²) in [5.41, 5.74) is 1.99. The van der Waals surface area contributed by atoms with Crippen molar-refractivity contribution in [2.24, 2.45) is 0 Å². The summed E-state index contributed by atoms with van der Waals surface area (Å²) in [5.74, 6) is -2.61. The van der Waals surface area contributed by atoms with E-state index >= 15 is 0 Å². The summed E-state index contributed by atoms with van der Waals surface area (Å²) in [4.78, 5) is 52.6. The van der Waals surface area contributed by atoms with E-state index in [1.165, 1.54) is 35.1 Å². The molecule has 0 unspecified atom stereocenters. The maximum Gasteiger partial charge on any atom is 1.00 e. The Bertz CT molecular complexity index is 1470. The molecule has 0 saturated carbocycles. The zero-order valence-electron chi connectivity index (χ0n) is 25.7. The van der Waals surface area contributed by atoms with Crippen molar-refractivity contribution in [2.45, 2.75) is 62.9 Å². The maximum atomic E-state index is 13.4. The van der Waals surface area contributed by atoms with Gasteiger partial charge in [0.1, 0.15) is 23.5 Å². The number of nitrogens with zero attached hydrogens (tertiary/aromatic N) is 3. The minimum atomic E-state index is -1.09. The van der Waals surface area contributed by atoms with Gasteiger partial charge in [-0.1, -0.05) is 80.3 Å². The molecule has 2 aliphatic rings. The van der Waals surface area contributed by atoms with Crippen molar-refractivity contribution in [3.8, 4) is 11.3 Å². The molecule has 0 spiro atoms. The van der Waals surface area contributed by atoms with E-state index < -0.39 is 51.9 Å². The second-order valence-electron chi connectivity index (χ2n) is 10.9. The molecule has 0 bridgehead atoms. The average Bonchev–Trinajstić information content (AvgIpc) is 3.65. The number of aromatic amines is 1. The second kappa shape index (κ2) is 16.0. The Morgan fingerprint density at radius 1 is 1.09 bits per heavy atom. The predicted octanol–water partition coefficient (Wildman–Crippen LogP) is 3.90. The van der Waals surface area contributed by atoms with Crippen LogP contribution in [0.4, 0.5) is 0 Å². The number of β-lactam (4-membered cyclic amide) rings is 1. The molecule has 244 valence electrons. The Morgan fingerprint density at radius 2 is 1.76 bits per heavy atom. The number of nitrogens with one attached hydrogen (secondary N) is 3. The largest absolute Gasteiger partial charge is 1.00 e. The Kier molecular flexibility index (Phi) is 13.0. The molecular formula is C31H38AuN6O5PS. The Hall–Kier alpha value is -3.02. The van der Waals surface area contributed by atoms with Gasteiger partial charge in [-0.15, -0.1) is 37.4 Å². The van der Waals surface area contributed by atoms with Gasteiger partial charge in [0.2, 0.25) is 11.8 Å². The van der Waals surface area contributed by atoms with Gasteiger partial charge in [-0.3, -0.25) is 19.5 Å². The second-order valence-corrected chi connectivity index (χ2v) is 15.9. The minimum absolute atomic E-state index is 0. The predicted molar refractivity (Wildman–Crippen MR) is 172 cm³/mol. The smallest absolute Gasteiger partial charge is 0.480 e. The first-order valence-corrected chi connectivity index (χ1v) is 17.3. The van der Waals surface area contributed by atoms with Gasteiger partial charge in [-0.25, -0.2) is 9.89 Å². The maximum absolute atomic E-state index is 13.4. The summed E-state index contributed by atoms with van der Waals surface area (Å²) >= 11 is 1.33. The number of aromatic nitrogens is 3. The number of H-pyrrole nitrogens is 1. The first-order chi connectivity index (χ1) is 21.0. The summed E-state index contributed by atoms with van der Waals surface area (Å²) in [6, 6.07) is 12.4. The van der Waals surface area contributed by atoms with Crippen LogP contribution in [-0.2, 0) is 36.8 Å². The third-order valence-corrected chi connectivity index (χ3v) is 12.0. The number of hydrogen-bond acceptors (Lipinski definition) is 7. The molecule has 0 radical (unpaired) electrons. The first kappa shape index (κ1) is 36.4. The molecule has 0 aliphatic carbocycles. The summed E-state index contributed by atoms with van der Waals surface area (Å²) in [5, 5.41) is 24.6. The fraction of sp³-hybridized carbons (Fsp3) is 0.419. The number of amides is 3. The van der Waals surface area contributed by atoms with Gasteiger partial charge in [0, 0.05) is 10.3 Å². The van der Waals surface area contributed by atoms with Crippen molar-refractivity contribution < 1.29 is 46.7 Å². The molecule has 2 aromatic carbocycles. The van der Waals surface area contributed by atoms with Crippen molar-refractivity contribution in [1.29, 1.82) is 0 Å². The average molecular weight is 835 g/mol. The topological polar surface area (TPSA) is 157 Å². The third-order valence-electron chi connectivity index (χ3n) is 7.77. The third kappa shape index (κ3) is 8.23. The molecule has 3 amide bonds. The van der Waals surface area contributed by atoms with Crippen LogP contribution in [0.15, 0.2) is 54.6 Å². The minimum Gasteiger partial charge on any atom is -0.480 e. The van der Waals surface area contributed by atoms with E-state index in [9.17, 15) is 24.3 Å². The van der Waals surface area contributed by atoms with Crippen molar-refractivity contribution in [3.63, 3.8) is 0 Å². The van der Waals surface area contributed by atoms with Crippen molar-refractivity contribution in [1.82, 2.24) is 30.9 Å². The zero-order valence-corrected chi connectivity index (χ0v) is 29.6. The number of fused-ring (bicyclic) bond motifs is 1. The SMILES string of the molecule is CC1(C)S[C@@H]2[C@H](NC(=O)[C@H](NC(=O)c3cccc(-c4[c-]nn[nH]4)c3)c3ccccc3)C(=O)N2[C@H]1C(=O)O.CCP(CC)CC.[Au+]. The van der Waals surface area contributed by atoms with Gasteiger partial charge in [-0.2, -0.15) is 0 Å². The van der Waals surface area contributed by atoms with Crippen LogP contribution in [0.25, 0.3) is 11.3 Å². The van der Waals surface area contributed by atoms with Crippen LogP contribution in [0.1, 0.15) is 56.6 Å². The van der Waals surface area contributed by atoms with Gasteiger partial charge in [-0.05, 0) is 37.9 Å². The molecule has 2 saturated heterocycles. The number of aliphatic carboxylic acids is 1. The number of benzene rings is 2. The number of carboxylic acids is 1. The molecule has 14 heteroatoms. The van der Waals surface area contributed by atoms with Crippen LogP contribution >= 0.6 is 19.7 Å². The molecule has 2 fully saturated rings. The van der Waals surface area contributed by atoms with E-state index in [2.05, 4.69) is 53.0 Å². The molecule has 3 aromatic rings. The number of carboxylic acid groups (broad SMARTS) is 1. The molecule has 45 heavy (non-hydrogen) atoms. The molecule has 3 heterocycles. The van der Waals surface area contributed by atoms with Crippen LogP contribution in [0.2, 0.25) is 0 Å². The fourth-order valence-electron chi connectivity index (χ4n) is 5.33. The summed E-state index contributed by atoms with van der Waals surface area (Å²) in [6.45, 7) is 10.4. The number of carbonyl (C=O) groups is 4. The normalized spacial score (nSPS) is 20.1. The van der Waals surface area contributed by atoms with E-state index in [0.29, 0.717) is 30.3 Å². The van der Waals surface area contributed by atoms with Crippen LogP contribution in [0, 0.1) is 6.20 Å². The van der Waals surface area contributed by atoms with E-state index in [4.69, 9.17) is 0 Å². The van der Waals surface area contributed by atoms with Gasteiger partial charge >= 0.3 is 28.3 Å². The molecule has 2 aliphatic heterocycles. The van der Waals surface area contributed by atoms with Gasteiger partial charge in [0.05, 0.1) is 0 Å². The van der Waals surface area contributed by atoms with Crippen molar-refractivity contribution in [3.05, 3.63) is 71.9 Å². The van der Waals surface area contributed by atoms with E-state index in [-0.39, 0.29) is 22.4 Å². The Balaban J connectivity index is 0.000000621. The monoisotopic (exact) mass is 834 g/mol. The molecule has 11 nitrogen and oxygen atoms in total.